The minimum Gasteiger partial charge on any atom is -0.457 e. The lowest BCUT2D eigenvalue weighted by atomic mass is 9.86. The SMILES string of the molecule is CC(C)(C)C(NC(=O)c1cccc(Oc2cccc(Cl)c2)c1)=C(C#N)c1ccc(-c2ccccc2)cc1. The van der Waals surface area contributed by atoms with Crippen LogP contribution in [-0.2, 0) is 0 Å². The predicted molar refractivity (Wildman–Crippen MR) is 149 cm³/mol. The fraction of sp³-hybridized carbons (Fsp3) is 0.125. The van der Waals surface area contributed by atoms with E-state index in [-0.39, 0.29) is 5.91 Å². The summed E-state index contributed by atoms with van der Waals surface area (Å²) in [5.41, 5.74) is 3.79. The van der Waals surface area contributed by atoms with E-state index in [1.165, 1.54) is 0 Å². The van der Waals surface area contributed by atoms with E-state index >= 15 is 0 Å². The maximum absolute atomic E-state index is 13.3. The van der Waals surface area contributed by atoms with Crippen LogP contribution in [0.3, 0.4) is 0 Å². The molecule has 37 heavy (non-hydrogen) atoms. The largest absolute Gasteiger partial charge is 0.457 e. The maximum Gasteiger partial charge on any atom is 0.255 e. The van der Waals surface area contributed by atoms with E-state index < -0.39 is 5.41 Å². The molecule has 0 atom stereocenters. The van der Waals surface area contributed by atoms with Crippen molar-refractivity contribution in [3.05, 3.63) is 125 Å². The Hall–Kier alpha value is -4.33. The molecule has 4 aromatic rings. The van der Waals surface area contributed by atoms with Gasteiger partial charge in [0.15, 0.2) is 0 Å². The van der Waals surface area contributed by atoms with E-state index in [1.807, 2.05) is 75.4 Å². The summed E-state index contributed by atoms with van der Waals surface area (Å²) in [7, 11) is 0. The maximum atomic E-state index is 13.3. The van der Waals surface area contributed by atoms with Crippen LogP contribution in [0.2, 0.25) is 5.02 Å². The quantitative estimate of drug-likeness (QED) is 0.266. The molecule has 0 aliphatic carbocycles. The first-order valence-corrected chi connectivity index (χ1v) is 12.3. The molecule has 0 unspecified atom stereocenters. The van der Waals surface area contributed by atoms with Gasteiger partial charge in [-0.05, 0) is 53.1 Å². The molecule has 1 N–H and O–H groups in total. The second-order valence-corrected chi connectivity index (χ2v) is 10.0. The first kappa shape index (κ1) is 25.8. The van der Waals surface area contributed by atoms with Crippen molar-refractivity contribution < 1.29 is 9.53 Å². The van der Waals surface area contributed by atoms with Gasteiger partial charge in [-0.25, -0.2) is 0 Å². The highest BCUT2D eigenvalue weighted by Crippen LogP contribution is 2.32. The molecule has 0 aliphatic heterocycles. The van der Waals surface area contributed by atoms with Gasteiger partial charge < -0.3 is 10.1 Å². The molecular formula is C32H27ClN2O2. The predicted octanol–water partition coefficient (Wildman–Crippen LogP) is 8.51. The smallest absolute Gasteiger partial charge is 0.255 e. The molecule has 4 rings (SSSR count). The van der Waals surface area contributed by atoms with Gasteiger partial charge in [0, 0.05) is 21.7 Å². The third-order valence-electron chi connectivity index (χ3n) is 5.76. The average molecular weight is 507 g/mol. The van der Waals surface area contributed by atoms with Crippen LogP contribution in [-0.4, -0.2) is 5.91 Å². The number of rotatable bonds is 6. The number of hydrogen-bond acceptors (Lipinski definition) is 3. The number of hydrogen-bond donors (Lipinski definition) is 1. The van der Waals surface area contributed by atoms with E-state index in [2.05, 4.69) is 11.4 Å². The molecule has 0 saturated carbocycles. The van der Waals surface area contributed by atoms with Crippen LogP contribution < -0.4 is 10.1 Å². The van der Waals surface area contributed by atoms with Crippen molar-refractivity contribution in [2.45, 2.75) is 20.8 Å². The van der Waals surface area contributed by atoms with Gasteiger partial charge in [-0.1, -0.05) is 99.1 Å². The molecule has 0 saturated heterocycles. The Bertz CT molecular complexity index is 1480. The second-order valence-electron chi connectivity index (χ2n) is 9.60. The van der Waals surface area contributed by atoms with Crippen LogP contribution in [0.5, 0.6) is 11.5 Å². The molecule has 4 aromatic carbocycles. The number of carbonyl (C=O) groups is 1. The highest BCUT2D eigenvalue weighted by Gasteiger charge is 2.25. The van der Waals surface area contributed by atoms with Crippen molar-refractivity contribution in [2.75, 3.05) is 0 Å². The number of nitrogens with one attached hydrogen (secondary N) is 1. The van der Waals surface area contributed by atoms with Gasteiger partial charge in [-0.2, -0.15) is 5.26 Å². The highest BCUT2D eigenvalue weighted by atomic mass is 35.5. The lowest BCUT2D eigenvalue weighted by molar-refractivity contribution is 0.0957. The Morgan fingerprint density at radius 2 is 1.41 bits per heavy atom. The lowest BCUT2D eigenvalue weighted by Crippen LogP contribution is -2.31. The van der Waals surface area contributed by atoms with Crippen LogP contribution in [0.15, 0.2) is 109 Å². The summed E-state index contributed by atoms with van der Waals surface area (Å²) in [5, 5.41) is 13.7. The van der Waals surface area contributed by atoms with Gasteiger partial charge in [-0.15, -0.1) is 0 Å². The monoisotopic (exact) mass is 506 g/mol. The van der Waals surface area contributed by atoms with Crippen molar-refractivity contribution in [1.82, 2.24) is 5.32 Å². The molecule has 0 heterocycles. The molecule has 5 heteroatoms. The van der Waals surface area contributed by atoms with Gasteiger partial charge in [0.2, 0.25) is 0 Å². The van der Waals surface area contributed by atoms with Crippen molar-refractivity contribution in [3.63, 3.8) is 0 Å². The number of nitrogens with zero attached hydrogens (tertiary/aromatic N) is 1. The standard InChI is InChI=1S/C32H27ClN2O2/c1-32(2,3)30(29(21-34)24-17-15-23(16-18-24)22-9-5-4-6-10-22)35-31(36)25-11-7-13-27(19-25)37-28-14-8-12-26(33)20-28/h4-20H,1-3H3,(H,35,36). The number of amides is 1. The van der Waals surface area contributed by atoms with E-state index in [1.54, 1.807) is 48.5 Å². The molecule has 0 aliphatic rings. The summed E-state index contributed by atoms with van der Waals surface area (Å²) in [6.07, 6.45) is 0. The Balaban J connectivity index is 1.62. The van der Waals surface area contributed by atoms with E-state index in [4.69, 9.17) is 16.3 Å². The fourth-order valence-corrected chi connectivity index (χ4v) is 4.08. The zero-order valence-corrected chi connectivity index (χ0v) is 21.7. The van der Waals surface area contributed by atoms with Crippen molar-refractivity contribution >= 4 is 23.1 Å². The normalized spacial score (nSPS) is 11.8. The third kappa shape index (κ3) is 6.46. The van der Waals surface area contributed by atoms with E-state index in [0.29, 0.717) is 33.4 Å². The highest BCUT2D eigenvalue weighted by molar-refractivity contribution is 6.30. The number of halogens is 1. The van der Waals surface area contributed by atoms with Crippen molar-refractivity contribution in [3.8, 4) is 28.7 Å². The second kappa shape index (κ2) is 11.2. The molecule has 0 bridgehead atoms. The van der Waals surface area contributed by atoms with Gasteiger partial charge in [0.25, 0.3) is 5.91 Å². The lowest BCUT2D eigenvalue weighted by Gasteiger charge is -2.25. The Morgan fingerprint density at radius 1 is 0.784 bits per heavy atom. The zero-order chi connectivity index (χ0) is 26.4. The summed E-state index contributed by atoms with van der Waals surface area (Å²) in [5.74, 6) is 0.759. The number of benzene rings is 4. The van der Waals surface area contributed by atoms with Gasteiger partial charge in [-0.3, -0.25) is 4.79 Å². The number of allylic oxidation sites excluding steroid dienone is 2. The number of carbonyl (C=O) groups excluding carboxylic acids is 1. The summed E-state index contributed by atoms with van der Waals surface area (Å²) < 4.78 is 5.88. The fourth-order valence-electron chi connectivity index (χ4n) is 3.90. The molecule has 0 aromatic heterocycles. The van der Waals surface area contributed by atoms with Crippen molar-refractivity contribution in [2.24, 2.45) is 5.41 Å². The Labute approximate surface area is 222 Å². The van der Waals surface area contributed by atoms with E-state index in [0.717, 1.165) is 16.7 Å². The molecule has 1 amide bonds. The van der Waals surface area contributed by atoms with E-state index in [9.17, 15) is 10.1 Å². The first-order chi connectivity index (χ1) is 17.7. The zero-order valence-electron chi connectivity index (χ0n) is 21.0. The molecule has 184 valence electrons. The van der Waals surface area contributed by atoms with Crippen molar-refractivity contribution in [1.29, 1.82) is 5.26 Å². The van der Waals surface area contributed by atoms with Crippen LogP contribution in [0.4, 0.5) is 0 Å². The molecule has 0 fully saturated rings. The van der Waals surface area contributed by atoms with Crippen LogP contribution in [0, 0.1) is 16.7 Å². The van der Waals surface area contributed by atoms with Gasteiger partial charge in [0.1, 0.15) is 17.6 Å². The van der Waals surface area contributed by atoms with Gasteiger partial charge >= 0.3 is 0 Å². The molecular weight excluding hydrogens is 480 g/mol. The number of nitriles is 1. The van der Waals surface area contributed by atoms with Crippen LogP contribution in [0.25, 0.3) is 16.7 Å². The topological polar surface area (TPSA) is 62.1 Å². The minimum absolute atomic E-state index is 0.324. The van der Waals surface area contributed by atoms with Crippen LogP contribution >= 0.6 is 11.6 Å². The summed E-state index contributed by atoms with van der Waals surface area (Å²) in [6.45, 7) is 5.91. The average Bonchev–Trinajstić information content (AvgIpc) is 2.89. The molecule has 4 nitrogen and oxygen atoms in total. The number of ether oxygens (including phenoxy) is 1. The molecule has 0 spiro atoms. The first-order valence-electron chi connectivity index (χ1n) is 11.9. The minimum atomic E-state index is -0.492. The summed E-state index contributed by atoms with van der Waals surface area (Å²) >= 11 is 6.05. The molecule has 0 radical (unpaired) electrons. The van der Waals surface area contributed by atoms with Crippen LogP contribution in [0.1, 0.15) is 36.7 Å². The third-order valence-corrected chi connectivity index (χ3v) is 5.99. The Morgan fingerprint density at radius 3 is 2.03 bits per heavy atom. The summed E-state index contributed by atoms with van der Waals surface area (Å²) in [6, 6.07) is 34.1. The summed E-state index contributed by atoms with van der Waals surface area (Å²) in [4.78, 5) is 13.3. The van der Waals surface area contributed by atoms with Gasteiger partial charge in [0.05, 0.1) is 5.57 Å². The Kier molecular flexibility index (Phi) is 7.77.